The molecule has 21 heavy (non-hydrogen) atoms. The molecule has 2 aromatic rings. The third kappa shape index (κ3) is 2.98. The van der Waals surface area contributed by atoms with Gasteiger partial charge in [0, 0.05) is 11.8 Å². The summed E-state index contributed by atoms with van der Waals surface area (Å²) in [4.78, 5) is 0. The fourth-order valence-corrected chi connectivity index (χ4v) is 3.70. The van der Waals surface area contributed by atoms with Gasteiger partial charge in [-0.1, -0.05) is 24.3 Å². The molecule has 0 amide bonds. The topological polar surface area (TPSA) is 38.7 Å². The van der Waals surface area contributed by atoms with Crippen LogP contribution in [0.4, 0.5) is 0 Å². The minimum absolute atomic E-state index is 0.0763. The van der Waals surface area contributed by atoms with Crippen LogP contribution < -0.4 is 0 Å². The second-order valence-corrected chi connectivity index (χ2v) is 7.18. The van der Waals surface area contributed by atoms with Crippen molar-refractivity contribution in [2.24, 2.45) is 0 Å². The number of hydrogen-bond donors (Lipinski definition) is 1. The fourth-order valence-electron chi connectivity index (χ4n) is 2.73. The van der Waals surface area contributed by atoms with Gasteiger partial charge in [-0.25, -0.2) is 0 Å². The van der Waals surface area contributed by atoms with Crippen molar-refractivity contribution in [1.82, 2.24) is 0 Å². The molecule has 0 spiro atoms. The molecule has 1 atom stereocenters. The Morgan fingerprint density at radius 1 is 1.24 bits per heavy atom. The first kappa shape index (κ1) is 14.6. The van der Waals surface area contributed by atoms with Gasteiger partial charge in [-0.2, -0.15) is 0 Å². The van der Waals surface area contributed by atoms with Crippen molar-refractivity contribution in [1.29, 1.82) is 0 Å². The van der Waals surface area contributed by atoms with E-state index < -0.39 is 0 Å². The van der Waals surface area contributed by atoms with E-state index in [0.717, 1.165) is 17.2 Å². The summed E-state index contributed by atoms with van der Waals surface area (Å²) >= 11 is 0. The summed E-state index contributed by atoms with van der Waals surface area (Å²) in [6.07, 6.45) is 1.57. The number of phenolic OH excluding ortho intramolecular Hbond substituents is 1. The summed E-state index contributed by atoms with van der Waals surface area (Å²) in [7, 11) is 0.325. The van der Waals surface area contributed by atoms with E-state index in [2.05, 4.69) is 6.07 Å². The molecule has 0 saturated carbocycles. The Bertz CT molecular complexity index is 661. The van der Waals surface area contributed by atoms with Crippen LogP contribution in [0.1, 0.15) is 38.0 Å². The predicted molar refractivity (Wildman–Crippen MR) is 84.6 cm³/mol. The summed E-state index contributed by atoms with van der Waals surface area (Å²) in [5.41, 5.74) is 2.31. The second kappa shape index (κ2) is 5.44. The average Bonchev–Trinajstić information content (AvgIpc) is 2.78. The van der Waals surface area contributed by atoms with E-state index >= 15 is 0 Å². The summed E-state index contributed by atoms with van der Waals surface area (Å²) in [5, 5.41) is 12.1. The van der Waals surface area contributed by atoms with Gasteiger partial charge in [0.2, 0.25) is 0 Å². The standard InChI is InChI=1S/C17H20O3Si/c1-17(2,3)19-10-21-20-15-9-11-7-8-14(18)12-5-4-6-13(15)16(11)12/h4-8,15,18H,9-10H2,1-3H3. The maximum atomic E-state index is 9.98. The molecule has 110 valence electrons. The zero-order valence-electron chi connectivity index (χ0n) is 12.6. The first-order valence-corrected chi connectivity index (χ1v) is 8.33. The zero-order valence-corrected chi connectivity index (χ0v) is 13.6. The van der Waals surface area contributed by atoms with Gasteiger partial charge in [0.05, 0.1) is 17.9 Å². The maximum Gasteiger partial charge on any atom is 0.259 e. The van der Waals surface area contributed by atoms with Crippen LogP contribution in [0.5, 0.6) is 5.75 Å². The Balaban J connectivity index is 1.74. The lowest BCUT2D eigenvalue weighted by Crippen LogP contribution is -2.24. The van der Waals surface area contributed by atoms with Crippen LogP contribution in [-0.2, 0) is 15.6 Å². The number of hydrogen-bond acceptors (Lipinski definition) is 3. The van der Waals surface area contributed by atoms with Crippen LogP contribution in [-0.4, -0.2) is 26.7 Å². The van der Waals surface area contributed by atoms with E-state index in [-0.39, 0.29) is 11.7 Å². The molecule has 1 aliphatic rings. The molecule has 0 aromatic heterocycles. The van der Waals surface area contributed by atoms with E-state index in [1.165, 1.54) is 11.1 Å². The molecule has 1 N–H and O–H groups in total. The molecule has 0 fully saturated rings. The van der Waals surface area contributed by atoms with Crippen molar-refractivity contribution < 1.29 is 14.3 Å². The fraction of sp³-hybridized carbons (Fsp3) is 0.412. The Kier molecular flexibility index (Phi) is 3.78. The lowest BCUT2D eigenvalue weighted by Gasteiger charge is -2.20. The van der Waals surface area contributed by atoms with E-state index in [0.29, 0.717) is 21.7 Å². The summed E-state index contributed by atoms with van der Waals surface area (Å²) in [6, 6.07) is 9.81. The molecule has 3 rings (SSSR count). The van der Waals surface area contributed by atoms with Gasteiger partial charge in [0.25, 0.3) is 9.76 Å². The van der Waals surface area contributed by atoms with Crippen molar-refractivity contribution in [2.45, 2.75) is 38.9 Å². The molecule has 1 aliphatic carbocycles. The van der Waals surface area contributed by atoms with Gasteiger partial charge < -0.3 is 14.3 Å². The normalized spacial score (nSPS) is 17.6. The van der Waals surface area contributed by atoms with Crippen molar-refractivity contribution in [3.05, 3.63) is 41.5 Å². The molecule has 3 nitrogen and oxygen atoms in total. The number of benzene rings is 2. The SMILES string of the molecule is CC(C)(C)OC[Si]OC1Cc2ccc(O)c3cccc1c23. The quantitative estimate of drug-likeness (QED) is 0.693. The van der Waals surface area contributed by atoms with Crippen LogP contribution in [0.2, 0.25) is 0 Å². The monoisotopic (exact) mass is 300 g/mol. The molecule has 0 heterocycles. The van der Waals surface area contributed by atoms with Crippen LogP contribution in [0.15, 0.2) is 30.3 Å². The highest BCUT2D eigenvalue weighted by atomic mass is 28.2. The highest BCUT2D eigenvalue weighted by molar-refractivity contribution is 6.27. The average molecular weight is 300 g/mol. The Morgan fingerprint density at radius 2 is 2.05 bits per heavy atom. The van der Waals surface area contributed by atoms with Crippen LogP contribution in [0.25, 0.3) is 10.8 Å². The van der Waals surface area contributed by atoms with Crippen molar-refractivity contribution in [3.63, 3.8) is 0 Å². The molecule has 2 radical (unpaired) electrons. The van der Waals surface area contributed by atoms with Crippen LogP contribution in [0, 0.1) is 0 Å². The smallest absolute Gasteiger partial charge is 0.259 e. The van der Waals surface area contributed by atoms with Crippen LogP contribution >= 0.6 is 0 Å². The second-order valence-electron chi connectivity index (χ2n) is 6.37. The largest absolute Gasteiger partial charge is 0.507 e. The Labute approximate surface area is 127 Å². The van der Waals surface area contributed by atoms with Gasteiger partial charge in [0.1, 0.15) is 5.75 Å². The highest BCUT2D eigenvalue weighted by Crippen LogP contribution is 2.41. The third-order valence-corrected chi connectivity index (χ3v) is 4.39. The predicted octanol–water partition coefficient (Wildman–Crippen LogP) is 3.55. The number of ether oxygens (including phenoxy) is 1. The molecular formula is C17H20O3Si. The highest BCUT2D eigenvalue weighted by Gasteiger charge is 2.25. The Hall–Kier alpha value is -1.36. The van der Waals surface area contributed by atoms with Crippen molar-refractivity contribution in [2.75, 3.05) is 6.23 Å². The summed E-state index contributed by atoms with van der Waals surface area (Å²) < 4.78 is 11.7. The van der Waals surface area contributed by atoms with E-state index in [9.17, 15) is 5.11 Å². The minimum atomic E-state index is -0.124. The van der Waals surface area contributed by atoms with Gasteiger partial charge in [-0.15, -0.1) is 0 Å². The van der Waals surface area contributed by atoms with E-state index in [4.69, 9.17) is 9.16 Å². The van der Waals surface area contributed by atoms with Gasteiger partial charge >= 0.3 is 0 Å². The van der Waals surface area contributed by atoms with Crippen LogP contribution in [0.3, 0.4) is 0 Å². The molecule has 0 saturated heterocycles. The summed E-state index contributed by atoms with van der Waals surface area (Å²) in [6.45, 7) is 6.14. The first-order chi connectivity index (χ1) is 9.96. The van der Waals surface area contributed by atoms with Crippen molar-refractivity contribution in [3.8, 4) is 5.75 Å². The lowest BCUT2D eigenvalue weighted by molar-refractivity contribution is 0.0180. The van der Waals surface area contributed by atoms with Gasteiger partial charge in [-0.05, 0) is 43.4 Å². The molecule has 4 heteroatoms. The Morgan fingerprint density at radius 3 is 2.81 bits per heavy atom. The zero-order chi connectivity index (χ0) is 15.0. The molecular weight excluding hydrogens is 280 g/mol. The van der Waals surface area contributed by atoms with Crippen molar-refractivity contribution >= 4 is 20.5 Å². The first-order valence-electron chi connectivity index (χ1n) is 7.21. The lowest BCUT2D eigenvalue weighted by atomic mass is 10.0. The minimum Gasteiger partial charge on any atom is -0.507 e. The van der Waals surface area contributed by atoms with E-state index in [1.807, 2.05) is 39.0 Å². The molecule has 0 aliphatic heterocycles. The number of phenols is 1. The van der Waals surface area contributed by atoms with Gasteiger partial charge in [0.15, 0.2) is 0 Å². The number of aromatic hydroxyl groups is 1. The van der Waals surface area contributed by atoms with Gasteiger partial charge in [-0.3, -0.25) is 0 Å². The van der Waals surface area contributed by atoms with E-state index in [1.54, 1.807) is 6.07 Å². The third-order valence-electron chi connectivity index (χ3n) is 3.68. The number of rotatable bonds is 4. The molecule has 0 bridgehead atoms. The summed E-state index contributed by atoms with van der Waals surface area (Å²) in [5.74, 6) is 0.342. The molecule has 2 aromatic carbocycles. The maximum absolute atomic E-state index is 9.98. The molecule has 1 unspecified atom stereocenters.